The Morgan fingerprint density at radius 2 is 1.53 bits per heavy atom. The SMILES string of the molecule is Nc1ccc(N)cc1.O=C(O)c1ccc(C(F)F)o1. The minimum absolute atomic E-state index is 0.472. The molecule has 7 heteroatoms. The molecule has 0 unspecified atom stereocenters. The number of hydrogen-bond acceptors (Lipinski definition) is 4. The van der Waals surface area contributed by atoms with Crippen molar-refractivity contribution >= 4 is 17.3 Å². The van der Waals surface area contributed by atoms with Crippen molar-refractivity contribution in [1.82, 2.24) is 0 Å². The Hall–Kier alpha value is -2.57. The van der Waals surface area contributed by atoms with Crippen LogP contribution in [0, 0.1) is 0 Å². The lowest BCUT2D eigenvalue weighted by Gasteiger charge is -1.90. The molecule has 0 fully saturated rings. The maximum absolute atomic E-state index is 11.8. The molecule has 0 saturated carbocycles. The van der Waals surface area contributed by atoms with Gasteiger partial charge in [-0.25, -0.2) is 13.6 Å². The van der Waals surface area contributed by atoms with Crippen LogP contribution in [0.3, 0.4) is 0 Å². The van der Waals surface area contributed by atoms with E-state index < -0.39 is 23.9 Å². The van der Waals surface area contributed by atoms with E-state index in [9.17, 15) is 13.6 Å². The van der Waals surface area contributed by atoms with Crippen molar-refractivity contribution in [1.29, 1.82) is 0 Å². The normalized spacial score (nSPS) is 9.84. The summed E-state index contributed by atoms with van der Waals surface area (Å²) in [6.07, 6.45) is -2.76. The molecule has 0 radical (unpaired) electrons. The highest BCUT2D eigenvalue weighted by Gasteiger charge is 2.15. The lowest BCUT2D eigenvalue weighted by Crippen LogP contribution is -1.91. The van der Waals surface area contributed by atoms with E-state index in [0.29, 0.717) is 0 Å². The van der Waals surface area contributed by atoms with E-state index in [4.69, 9.17) is 16.6 Å². The zero-order valence-electron chi connectivity index (χ0n) is 9.72. The van der Waals surface area contributed by atoms with E-state index in [2.05, 4.69) is 4.42 Å². The fourth-order valence-electron chi connectivity index (χ4n) is 1.08. The van der Waals surface area contributed by atoms with E-state index in [-0.39, 0.29) is 0 Å². The summed E-state index contributed by atoms with van der Waals surface area (Å²) in [4.78, 5) is 10.1. The van der Waals surface area contributed by atoms with Gasteiger partial charge >= 0.3 is 5.97 Å². The predicted octanol–water partition coefficient (Wildman–Crippen LogP) is 2.77. The zero-order valence-corrected chi connectivity index (χ0v) is 9.72. The van der Waals surface area contributed by atoms with Gasteiger partial charge in [-0.1, -0.05) is 0 Å². The fraction of sp³-hybridized carbons (Fsp3) is 0.0833. The lowest BCUT2D eigenvalue weighted by molar-refractivity contribution is 0.0644. The summed E-state index contributed by atoms with van der Waals surface area (Å²) >= 11 is 0. The van der Waals surface area contributed by atoms with Crippen LogP contribution in [0.25, 0.3) is 0 Å². The van der Waals surface area contributed by atoms with Gasteiger partial charge < -0.3 is 21.0 Å². The van der Waals surface area contributed by atoms with Gasteiger partial charge in [0.05, 0.1) is 0 Å². The average molecular weight is 270 g/mol. The number of halogens is 2. The standard InChI is InChI=1S/C6H4F2O3.C6H8N2/c7-5(8)3-1-2-4(11-3)6(9)10;7-5-1-2-6(8)4-3-5/h1-2,5H,(H,9,10);1-4H,7-8H2. The molecule has 1 aromatic heterocycles. The second-order valence-electron chi connectivity index (χ2n) is 3.47. The van der Waals surface area contributed by atoms with Crippen LogP contribution < -0.4 is 11.5 Å². The van der Waals surface area contributed by atoms with Crippen LogP contribution in [0.4, 0.5) is 20.2 Å². The van der Waals surface area contributed by atoms with Crippen LogP contribution >= 0.6 is 0 Å². The third-order valence-electron chi connectivity index (χ3n) is 1.99. The maximum atomic E-state index is 11.8. The molecule has 5 N–H and O–H groups in total. The molecule has 0 saturated heterocycles. The van der Waals surface area contributed by atoms with Crippen molar-refractivity contribution in [2.75, 3.05) is 11.5 Å². The van der Waals surface area contributed by atoms with Crippen molar-refractivity contribution in [3.63, 3.8) is 0 Å². The molecule has 2 rings (SSSR count). The summed E-state index contributed by atoms with van der Waals surface area (Å²) in [5, 5.41) is 8.24. The molecule has 102 valence electrons. The van der Waals surface area contributed by atoms with Crippen LogP contribution in [0.2, 0.25) is 0 Å². The molecular weight excluding hydrogens is 258 g/mol. The van der Waals surface area contributed by atoms with Crippen LogP contribution in [0.15, 0.2) is 40.8 Å². The van der Waals surface area contributed by atoms with E-state index in [0.717, 1.165) is 23.5 Å². The summed E-state index contributed by atoms with van der Waals surface area (Å²) < 4.78 is 27.8. The lowest BCUT2D eigenvalue weighted by atomic mass is 10.3. The van der Waals surface area contributed by atoms with Gasteiger partial charge in [0.25, 0.3) is 6.43 Å². The van der Waals surface area contributed by atoms with Gasteiger partial charge in [-0.15, -0.1) is 0 Å². The quantitative estimate of drug-likeness (QED) is 0.728. The highest BCUT2D eigenvalue weighted by atomic mass is 19.3. The molecule has 2 aromatic rings. The van der Waals surface area contributed by atoms with Crippen LogP contribution in [0.1, 0.15) is 22.7 Å². The molecule has 5 nitrogen and oxygen atoms in total. The summed E-state index contributed by atoms with van der Waals surface area (Å²) in [6, 6.07) is 9.02. The highest BCUT2D eigenvalue weighted by molar-refractivity contribution is 5.84. The second-order valence-corrected chi connectivity index (χ2v) is 3.47. The summed E-state index contributed by atoms with van der Waals surface area (Å²) in [5.41, 5.74) is 12.2. The Morgan fingerprint density at radius 1 is 1.05 bits per heavy atom. The molecule has 0 atom stereocenters. The summed E-state index contributed by atoms with van der Waals surface area (Å²) in [6.45, 7) is 0. The number of anilines is 2. The Morgan fingerprint density at radius 3 is 1.79 bits per heavy atom. The second kappa shape index (κ2) is 6.39. The van der Waals surface area contributed by atoms with Gasteiger partial charge in [-0.2, -0.15) is 0 Å². The monoisotopic (exact) mass is 270 g/mol. The Kier molecular flexibility index (Phi) is 4.87. The van der Waals surface area contributed by atoms with Crippen molar-refractivity contribution < 1.29 is 23.1 Å². The topological polar surface area (TPSA) is 102 Å². The molecule has 0 spiro atoms. The maximum Gasteiger partial charge on any atom is 0.371 e. The number of rotatable bonds is 2. The third-order valence-corrected chi connectivity index (χ3v) is 1.99. The Balaban J connectivity index is 0.000000200. The summed E-state index contributed by atoms with van der Waals surface area (Å²) in [5.74, 6) is -2.44. The Bertz CT molecular complexity index is 517. The number of furan rings is 1. The molecule has 0 amide bonds. The first-order valence-corrected chi connectivity index (χ1v) is 5.12. The van der Waals surface area contributed by atoms with Gasteiger partial charge in [0.2, 0.25) is 5.76 Å². The minimum Gasteiger partial charge on any atom is -0.475 e. The van der Waals surface area contributed by atoms with Gasteiger partial charge in [-0.3, -0.25) is 0 Å². The number of nitrogen functional groups attached to an aromatic ring is 2. The van der Waals surface area contributed by atoms with Crippen molar-refractivity contribution in [3.05, 3.63) is 47.9 Å². The molecular formula is C12H12F2N2O3. The number of benzene rings is 1. The number of aromatic carboxylic acids is 1. The Labute approximate surface area is 107 Å². The summed E-state index contributed by atoms with van der Waals surface area (Å²) in [7, 11) is 0. The minimum atomic E-state index is -2.76. The first-order valence-electron chi connectivity index (χ1n) is 5.12. The molecule has 0 aliphatic heterocycles. The first-order chi connectivity index (χ1) is 8.90. The highest BCUT2D eigenvalue weighted by Crippen LogP contribution is 2.20. The van der Waals surface area contributed by atoms with Gasteiger partial charge in [0.15, 0.2) is 5.76 Å². The first kappa shape index (κ1) is 14.5. The number of carboxylic acid groups (broad SMARTS) is 1. The smallest absolute Gasteiger partial charge is 0.371 e. The average Bonchev–Trinajstić information content (AvgIpc) is 2.83. The molecule has 0 aliphatic carbocycles. The third kappa shape index (κ3) is 4.66. The number of alkyl halides is 2. The number of hydrogen-bond donors (Lipinski definition) is 3. The van der Waals surface area contributed by atoms with Gasteiger partial charge in [-0.05, 0) is 36.4 Å². The molecule has 19 heavy (non-hydrogen) atoms. The van der Waals surface area contributed by atoms with Crippen LogP contribution in [-0.4, -0.2) is 11.1 Å². The van der Waals surface area contributed by atoms with Crippen LogP contribution in [0.5, 0.6) is 0 Å². The fourth-order valence-corrected chi connectivity index (χ4v) is 1.08. The molecule has 0 bridgehead atoms. The van der Waals surface area contributed by atoms with E-state index >= 15 is 0 Å². The van der Waals surface area contributed by atoms with Crippen LogP contribution in [-0.2, 0) is 0 Å². The van der Waals surface area contributed by atoms with Gasteiger partial charge in [0.1, 0.15) is 0 Å². The molecule has 1 aromatic carbocycles. The molecule has 0 aliphatic rings. The van der Waals surface area contributed by atoms with Crippen molar-refractivity contribution in [3.8, 4) is 0 Å². The number of carbonyl (C=O) groups is 1. The van der Waals surface area contributed by atoms with Crippen molar-refractivity contribution in [2.24, 2.45) is 0 Å². The van der Waals surface area contributed by atoms with E-state index in [1.807, 2.05) is 0 Å². The number of carboxylic acids is 1. The van der Waals surface area contributed by atoms with E-state index in [1.165, 1.54) is 0 Å². The van der Waals surface area contributed by atoms with Crippen molar-refractivity contribution in [2.45, 2.75) is 6.43 Å². The zero-order chi connectivity index (χ0) is 14.4. The van der Waals surface area contributed by atoms with Gasteiger partial charge in [0, 0.05) is 11.4 Å². The van der Waals surface area contributed by atoms with E-state index in [1.54, 1.807) is 24.3 Å². The largest absolute Gasteiger partial charge is 0.475 e. The molecule has 1 heterocycles. The predicted molar refractivity (Wildman–Crippen MR) is 65.9 cm³/mol. The number of nitrogens with two attached hydrogens (primary N) is 2.